The Balaban J connectivity index is 0.00000803. The molecule has 13 nitrogen and oxygen atoms in total. The Hall–Kier alpha value is -6.32. The number of nitrogens with two attached hydrogens (primary N) is 2. The Morgan fingerprint density at radius 2 is 1.61 bits per heavy atom. The van der Waals surface area contributed by atoms with Crippen molar-refractivity contribution in [3.63, 3.8) is 0 Å². The summed E-state index contributed by atoms with van der Waals surface area (Å²) in [4.78, 5) is 5.22. The first-order valence-electron chi connectivity index (χ1n) is 33.9. The van der Waals surface area contributed by atoms with Crippen LogP contribution in [-0.2, 0) is 59.2 Å². The van der Waals surface area contributed by atoms with Gasteiger partial charge in [-0.15, -0.1) is 0 Å². The molecule has 484 valence electrons. The van der Waals surface area contributed by atoms with Crippen LogP contribution in [0.1, 0.15) is 180 Å². The monoisotopic (exact) mass is 1290 g/mol. The molecule has 0 spiro atoms. The zero-order chi connectivity index (χ0) is 64.3. The summed E-state index contributed by atoms with van der Waals surface area (Å²) in [7, 11) is -2.99. The van der Waals surface area contributed by atoms with Crippen molar-refractivity contribution in [3.8, 4) is 23.3 Å². The second-order valence-electron chi connectivity index (χ2n) is 28.4. The summed E-state index contributed by atoms with van der Waals surface area (Å²) < 4.78 is 58.1. The van der Waals surface area contributed by atoms with E-state index in [4.69, 9.17) is 25.9 Å². The number of nitrogens with zero attached hydrogens (tertiary/aromatic N) is 1. The molecule has 1 saturated heterocycles. The van der Waals surface area contributed by atoms with Gasteiger partial charge in [-0.25, -0.2) is 13.4 Å². The van der Waals surface area contributed by atoms with Crippen molar-refractivity contribution in [1.82, 2.24) is 5.32 Å². The number of hydrogen-bond acceptors (Lipinski definition) is 11. The van der Waals surface area contributed by atoms with Crippen LogP contribution in [0.15, 0.2) is 156 Å². The van der Waals surface area contributed by atoms with Crippen molar-refractivity contribution in [1.29, 1.82) is 0 Å². The maximum Gasteiger partial charge on any atom is 1.00 e. The number of nitrogens with one attached hydrogen (secondary N) is 1. The van der Waals surface area contributed by atoms with Crippen LogP contribution in [0.2, 0.25) is 0 Å². The molecule has 9 aliphatic rings. The largest absolute Gasteiger partial charge is 1.00 e. The Labute approximate surface area is 575 Å². The second kappa shape index (κ2) is 27.3. The number of aryl methyl sites for hydroxylation is 2. The zero-order valence-electron chi connectivity index (χ0n) is 54.4. The van der Waals surface area contributed by atoms with Crippen LogP contribution in [0.25, 0.3) is 10.8 Å². The van der Waals surface area contributed by atoms with E-state index in [1.807, 2.05) is 79.9 Å². The number of benzene rings is 7. The SMILES string of the molecule is CNCc1cc2ccccc2c2c1CCc1cc(C3CCCC(O)(C(Cc4ccccc4)CC4(N=C(N)N)Oc5ccc6c(c5)CCC(C)C6CC(S(=O)(=O)[O-])C5C=C6CC(CC7CC(CO)CC#Cc8cc(O)ccc8C6O7)C5c5ccc4cc5)C3)ccc1C(O)C2.[Na+]. The van der Waals surface area contributed by atoms with E-state index in [0.29, 0.717) is 74.7 Å². The molecule has 2 fully saturated rings. The van der Waals surface area contributed by atoms with Crippen molar-refractivity contribution >= 4 is 26.9 Å². The molecule has 5 heterocycles. The van der Waals surface area contributed by atoms with Gasteiger partial charge in [-0.1, -0.05) is 134 Å². The first-order valence-corrected chi connectivity index (χ1v) is 35.4. The average molecular weight is 1290 g/mol. The van der Waals surface area contributed by atoms with Gasteiger partial charge in [-0.2, -0.15) is 0 Å². The van der Waals surface area contributed by atoms with Gasteiger partial charge in [-0.05, 0) is 240 Å². The van der Waals surface area contributed by atoms with E-state index in [1.54, 1.807) is 12.1 Å². The third-order valence-corrected chi connectivity index (χ3v) is 23.9. The van der Waals surface area contributed by atoms with Gasteiger partial charge in [0, 0.05) is 49.1 Å². The van der Waals surface area contributed by atoms with Gasteiger partial charge in [0.15, 0.2) is 5.96 Å². The summed E-state index contributed by atoms with van der Waals surface area (Å²) in [6, 6.07) is 46.9. The molecule has 16 rings (SSSR count). The van der Waals surface area contributed by atoms with Gasteiger partial charge >= 0.3 is 29.6 Å². The molecule has 0 amide bonds. The summed E-state index contributed by atoms with van der Waals surface area (Å²) in [6.45, 7) is 2.80. The van der Waals surface area contributed by atoms with E-state index in [2.05, 4.69) is 84.7 Å². The van der Waals surface area contributed by atoms with E-state index in [1.165, 1.54) is 27.5 Å². The molecule has 15 heteroatoms. The normalized spacial score (nSPS) is 29.0. The van der Waals surface area contributed by atoms with E-state index in [-0.39, 0.29) is 96.4 Å². The number of phenolic OH excluding ortho intramolecular Hbond substituents is 1. The maximum absolute atomic E-state index is 14.5. The van der Waals surface area contributed by atoms with Crippen molar-refractivity contribution < 1.29 is 72.4 Å². The molecular formula is C79H87N4NaO9S. The number of phenols is 1. The Bertz CT molecular complexity index is 4200. The molecule has 9 N–H and O–H groups in total. The van der Waals surface area contributed by atoms with E-state index < -0.39 is 56.7 Å². The third-order valence-electron chi connectivity index (χ3n) is 22.7. The number of guanidine groups is 1. The van der Waals surface area contributed by atoms with Crippen molar-refractivity contribution in [2.45, 2.75) is 169 Å². The first kappa shape index (κ1) is 66.3. The maximum atomic E-state index is 14.5. The predicted molar refractivity (Wildman–Crippen MR) is 362 cm³/mol. The number of hydrogen-bond donors (Lipinski definition) is 7. The summed E-state index contributed by atoms with van der Waals surface area (Å²) in [5, 5.41) is 52.1. The van der Waals surface area contributed by atoms with Crippen molar-refractivity contribution in [3.05, 3.63) is 224 Å². The molecule has 5 aliphatic heterocycles. The van der Waals surface area contributed by atoms with Gasteiger partial charge in [-0.3, -0.25) is 0 Å². The summed E-state index contributed by atoms with van der Waals surface area (Å²) in [5.41, 5.74) is 24.3. The van der Waals surface area contributed by atoms with Crippen LogP contribution in [0.3, 0.4) is 0 Å². The van der Waals surface area contributed by atoms with Gasteiger partial charge in [0.05, 0.1) is 33.2 Å². The molecule has 7 aromatic rings. The van der Waals surface area contributed by atoms with Crippen molar-refractivity contribution in [2.75, 3.05) is 13.7 Å². The molecule has 1 saturated carbocycles. The van der Waals surface area contributed by atoms with Gasteiger partial charge in [0.25, 0.3) is 0 Å². The summed E-state index contributed by atoms with van der Waals surface area (Å²) in [5.74, 6) is 4.63. The van der Waals surface area contributed by atoms with Crippen LogP contribution in [0.5, 0.6) is 11.5 Å². The molecule has 0 aromatic heterocycles. The Morgan fingerprint density at radius 3 is 2.39 bits per heavy atom. The van der Waals surface area contributed by atoms with Gasteiger partial charge < -0.3 is 51.2 Å². The molecule has 14 unspecified atom stereocenters. The second-order valence-corrected chi connectivity index (χ2v) is 30.0. The molecule has 14 atom stereocenters. The molecule has 0 radical (unpaired) electrons. The Morgan fingerprint density at radius 1 is 0.840 bits per heavy atom. The van der Waals surface area contributed by atoms with E-state index in [0.717, 1.165) is 88.7 Å². The minimum Gasteiger partial charge on any atom is -0.748 e. The van der Waals surface area contributed by atoms with Crippen LogP contribution < -0.4 is 51.1 Å². The van der Waals surface area contributed by atoms with Gasteiger partial charge in [0.1, 0.15) is 17.6 Å². The van der Waals surface area contributed by atoms with Crippen molar-refractivity contribution in [2.24, 2.45) is 46.0 Å². The van der Waals surface area contributed by atoms with Crippen LogP contribution >= 0.6 is 0 Å². The fraction of sp³-hybridized carbons (Fsp3) is 0.430. The molecule has 94 heavy (non-hydrogen) atoms. The molecular weight excluding hydrogens is 1200 g/mol. The number of aliphatic hydroxyl groups excluding tert-OH is 2. The van der Waals surface area contributed by atoms with Crippen LogP contribution in [0.4, 0.5) is 0 Å². The number of aliphatic imine (C=N–C) groups is 1. The van der Waals surface area contributed by atoms with E-state index >= 15 is 0 Å². The summed E-state index contributed by atoms with van der Waals surface area (Å²) >= 11 is 0. The number of ether oxygens (including phenoxy) is 2. The topological polar surface area (TPSA) is 233 Å². The minimum atomic E-state index is -4.97. The molecule has 7 aromatic carbocycles. The van der Waals surface area contributed by atoms with E-state index in [9.17, 15) is 33.4 Å². The average Bonchev–Trinajstić information content (AvgIpc) is 1.36. The zero-order valence-corrected chi connectivity index (χ0v) is 57.2. The van der Waals surface area contributed by atoms with Gasteiger partial charge in [0.2, 0.25) is 5.72 Å². The Kier molecular flexibility index (Phi) is 19.3. The molecule has 4 aliphatic carbocycles. The number of fused-ring (bicyclic) bond motifs is 12. The smallest absolute Gasteiger partial charge is 0.748 e. The number of allylic oxidation sites excluding steroid dienone is 1. The number of aliphatic hydroxyl groups is 3. The number of rotatable bonds is 11. The van der Waals surface area contributed by atoms with Crippen LogP contribution in [-0.4, -0.2) is 70.0 Å². The third kappa shape index (κ3) is 13.2. The fourth-order valence-corrected chi connectivity index (χ4v) is 19.3. The summed E-state index contributed by atoms with van der Waals surface area (Å²) in [6.07, 6.45) is 9.42. The predicted octanol–water partition coefficient (Wildman–Crippen LogP) is 9.40. The molecule has 10 bridgehead atoms. The first-order chi connectivity index (χ1) is 44.9. The standard InChI is InChI=1S/C79H88N4O9S.Na/c1-47-17-18-55-38-63-26-30-66(55)70(47)42-74(93(88,89)90)72-40-58-36-57(39-64-33-49(46-84)12-8-14-53-37-62(85)25-29-69(53)76(58)91-64)75(72)50-19-23-60(24-20-50)79(92-63,83-77(80)81)44-61(32-48-10-4-3-5-11-48)78(87)31-9-15-56(43-78)51-21-28-68-54(34-51)22-27-67-59(45-82-2)35-52-13-6-7-16-65(52)71(67)41-73(68)86;/h3-7,10-11,13,16,19-21,23-26,28-30,34-35,37-38,40,47,49,56-57,61,64,70,72-76,82,84-87H,9,12,15,17-18,22,27,31-33,36,39,41-46H2,1-2H3,(H4,80,81,83)(H,88,89,90);/q;+1/p-1. The minimum absolute atomic E-state index is 0. The van der Waals surface area contributed by atoms with Crippen LogP contribution in [0, 0.1) is 41.4 Å². The number of aromatic hydroxyl groups is 1. The fourth-order valence-electron chi connectivity index (χ4n) is 18.2. The quantitative estimate of drug-likeness (QED) is 0.0160.